The largest absolute Gasteiger partial charge is 0.381 e. The minimum absolute atomic E-state index is 0.195. The predicted octanol–water partition coefficient (Wildman–Crippen LogP) is 1.45. The number of aryl methyl sites for hydroxylation is 1. The zero-order valence-corrected chi connectivity index (χ0v) is 14.2. The Kier molecular flexibility index (Phi) is 4.96. The predicted molar refractivity (Wildman–Crippen MR) is 95.3 cm³/mol. The lowest BCUT2D eigenvalue weighted by atomic mass is 9.90. The summed E-state index contributed by atoms with van der Waals surface area (Å²) >= 11 is 0. The van der Waals surface area contributed by atoms with E-state index in [-0.39, 0.29) is 11.5 Å². The van der Waals surface area contributed by atoms with Crippen molar-refractivity contribution in [1.82, 2.24) is 9.97 Å². The third-order valence-electron chi connectivity index (χ3n) is 4.39. The molecule has 0 aliphatic carbocycles. The maximum Gasteiger partial charge on any atom is 0.251 e. The molecule has 1 aliphatic rings. The van der Waals surface area contributed by atoms with Crippen LogP contribution < -0.4 is 16.6 Å². The molecule has 1 amide bonds. The lowest BCUT2D eigenvalue weighted by Gasteiger charge is -2.31. The van der Waals surface area contributed by atoms with Crippen molar-refractivity contribution in [2.75, 3.05) is 18.5 Å². The molecule has 1 fully saturated rings. The van der Waals surface area contributed by atoms with Crippen LogP contribution in [0.15, 0.2) is 35.1 Å². The molecule has 25 heavy (non-hydrogen) atoms. The Balaban J connectivity index is 1.83. The van der Waals surface area contributed by atoms with Crippen molar-refractivity contribution in [3.05, 3.63) is 46.4 Å². The second kappa shape index (κ2) is 7.16. The highest BCUT2D eigenvalue weighted by Gasteiger charge is 2.35. The average molecular weight is 342 g/mol. The van der Waals surface area contributed by atoms with Gasteiger partial charge in [0.05, 0.1) is 0 Å². The second-order valence-corrected chi connectivity index (χ2v) is 6.24. The van der Waals surface area contributed by atoms with Gasteiger partial charge in [-0.25, -0.2) is 4.98 Å². The van der Waals surface area contributed by atoms with Gasteiger partial charge in [0.1, 0.15) is 11.4 Å². The van der Waals surface area contributed by atoms with Crippen molar-refractivity contribution in [1.29, 1.82) is 0 Å². The molecule has 7 nitrogen and oxygen atoms in total. The SMILES string of the molecule is CCc1cc(=O)[nH]c(-c2cccc(NC(=O)C3(N)CCOCC3)c2)n1. The van der Waals surface area contributed by atoms with Gasteiger partial charge >= 0.3 is 0 Å². The molecule has 0 spiro atoms. The first-order valence-electron chi connectivity index (χ1n) is 8.39. The number of H-pyrrole nitrogens is 1. The summed E-state index contributed by atoms with van der Waals surface area (Å²) in [6.07, 6.45) is 1.66. The Morgan fingerprint density at radius 3 is 2.84 bits per heavy atom. The van der Waals surface area contributed by atoms with E-state index in [9.17, 15) is 9.59 Å². The third kappa shape index (κ3) is 3.94. The maximum atomic E-state index is 12.5. The molecule has 0 atom stereocenters. The standard InChI is InChI=1S/C18H22N4O3/c1-2-13-11-15(23)22-16(20-13)12-4-3-5-14(10-12)21-17(24)18(19)6-8-25-9-7-18/h3-5,10-11H,2,6-9,19H2,1H3,(H,21,24)(H,20,22,23). The average Bonchev–Trinajstić information content (AvgIpc) is 2.62. The van der Waals surface area contributed by atoms with Crippen molar-refractivity contribution in [2.24, 2.45) is 5.73 Å². The van der Waals surface area contributed by atoms with Crippen LogP contribution in [0, 0.1) is 0 Å². The summed E-state index contributed by atoms with van der Waals surface area (Å²) in [6, 6.07) is 8.68. The van der Waals surface area contributed by atoms with Crippen LogP contribution in [0.4, 0.5) is 5.69 Å². The summed E-state index contributed by atoms with van der Waals surface area (Å²) in [4.78, 5) is 31.5. The summed E-state index contributed by atoms with van der Waals surface area (Å²) < 4.78 is 5.27. The number of hydrogen-bond acceptors (Lipinski definition) is 5. The minimum atomic E-state index is -0.914. The van der Waals surface area contributed by atoms with Crippen LogP contribution in [0.2, 0.25) is 0 Å². The number of hydrogen-bond donors (Lipinski definition) is 3. The van der Waals surface area contributed by atoms with E-state index in [1.807, 2.05) is 13.0 Å². The molecule has 7 heteroatoms. The first-order valence-corrected chi connectivity index (χ1v) is 8.39. The first kappa shape index (κ1) is 17.3. The number of benzene rings is 1. The van der Waals surface area contributed by atoms with E-state index >= 15 is 0 Å². The number of nitrogens with zero attached hydrogens (tertiary/aromatic N) is 1. The quantitative estimate of drug-likeness (QED) is 0.779. The Morgan fingerprint density at radius 2 is 2.12 bits per heavy atom. The summed E-state index contributed by atoms with van der Waals surface area (Å²) in [5.74, 6) is 0.255. The number of nitrogens with two attached hydrogens (primary N) is 1. The van der Waals surface area contributed by atoms with Crippen LogP contribution >= 0.6 is 0 Å². The van der Waals surface area contributed by atoms with E-state index in [2.05, 4.69) is 15.3 Å². The Labute approximate surface area is 145 Å². The number of carbonyl (C=O) groups excluding carboxylic acids is 1. The van der Waals surface area contributed by atoms with Crippen LogP contribution in [0.5, 0.6) is 0 Å². The maximum absolute atomic E-state index is 12.5. The molecule has 0 bridgehead atoms. The number of amides is 1. The first-order chi connectivity index (χ1) is 12.0. The van der Waals surface area contributed by atoms with Crippen LogP contribution in [0.3, 0.4) is 0 Å². The molecule has 0 saturated carbocycles. The van der Waals surface area contributed by atoms with Gasteiger partial charge in [0.25, 0.3) is 5.56 Å². The molecule has 2 aromatic rings. The van der Waals surface area contributed by atoms with Crippen LogP contribution in [0.1, 0.15) is 25.5 Å². The third-order valence-corrected chi connectivity index (χ3v) is 4.39. The number of anilines is 1. The van der Waals surface area contributed by atoms with Gasteiger partial charge in [-0.1, -0.05) is 19.1 Å². The van der Waals surface area contributed by atoms with Crippen LogP contribution in [-0.2, 0) is 16.0 Å². The number of nitrogens with one attached hydrogen (secondary N) is 2. The monoisotopic (exact) mass is 342 g/mol. The zero-order valence-electron chi connectivity index (χ0n) is 14.2. The molecular weight excluding hydrogens is 320 g/mol. The lowest BCUT2D eigenvalue weighted by Crippen LogP contribution is -2.54. The van der Waals surface area contributed by atoms with Gasteiger partial charge in [0.15, 0.2) is 0 Å². The Hall–Kier alpha value is -2.51. The number of aromatic nitrogens is 2. The fourth-order valence-corrected chi connectivity index (χ4v) is 2.79. The molecule has 1 saturated heterocycles. The summed E-state index contributed by atoms with van der Waals surface area (Å²) in [5, 5.41) is 2.87. The van der Waals surface area contributed by atoms with Crippen molar-refractivity contribution in [2.45, 2.75) is 31.7 Å². The van der Waals surface area contributed by atoms with E-state index in [4.69, 9.17) is 10.5 Å². The highest BCUT2D eigenvalue weighted by Crippen LogP contribution is 2.23. The molecular formula is C18H22N4O3. The second-order valence-electron chi connectivity index (χ2n) is 6.24. The summed E-state index contributed by atoms with van der Waals surface area (Å²) in [7, 11) is 0. The van der Waals surface area contributed by atoms with Gasteiger partial charge in [-0.3, -0.25) is 9.59 Å². The van der Waals surface area contributed by atoms with E-state index < -0.39 is 5.54 Å². The van der Waals surface area contributed by atoms with Crippen LogP contribution in [0.25, 0.3) is 11.4 Å². The van der Waals surface area contributed by atoms with Gasteiger partial charge in [0.2, 0.25) is 5.91 Å². The molecule has 3 rings (SSSR count). The topological polar surface area (TPSA) is 110 Å². The lowest BCUT2D eigenvalue weighted by molar-refractivity contribution is -0.124. The molecule has 0 unspecified atom stereocenters. The zero-order chi connectivity index (χ0) is 17.9. The van der Waals surface area contributed by atoms with E-state index in [0.29, 0.717) is 44.0 Å². The van der Waals surface area contributed by atoms with Crippen molar-refractivity contribution < 1.29 is 9.53 Å². The Morgan fingerprint density at radius 1 is 1.36 bits per heavy atom. The van der Waals surface area contributed by atoms with Crippen LogP contribution in [-0.4, -0.2) is 34.6 Å². The summed E-state index contributed by atoms with van der Waals surface area (Å²) in [5.41, 5.74) is 7.15. The smallest absolute Gasteiger partial charge is 0.251 e. The number of ether oxygens (including phenoxy) is 1. The van der Waals surface area contributed by atoms with E-state index in [1.165, 1.54) is 6.07 Å². The number of aromatic amines is 1. The highest BCUT2D eigenvalue weighted by atomic mass is 16.5. The minimum Gasteiger partial charge on any atom is -0.381 e. The van der Waals surface area contributed by atoms with Gasteiger partial charge in [-0.15, -0.1) is 0 Å². The van der Waals surface area contributed by atoms with Gasteiger partial charge in [-0.2, -0.15) is 0 Å². The fraction of sp³-hybridized carbons (Fsp3) is 0.389. The molecule has 1 aliphatic heterocycles. The number of carbonyl (C=O) groups is 1. The molecule has 132 valence electrons. The highest BCUT2D eigenvalue weighted by molar-refractivity contribution is 5.98. The number of rotatable bonds is 4. The molecule has 2 heterocycles. The van der Waals surface area contributed by atoms with Gasteiger partial charge < -0.3 is 20.8 Å². The molecule has 1 aromatic heterocycles. The van der Waals surface area contributed by atoms with Gasteiger partial charge in [0, 0.05) is 36.2 Å². The Bertz CT molecular complexity index is 825. The van der Waals surface area contributed by atoms with Crippen molar-refractivity contribution in [3.63, 3.8) is 0 Å². The van der Waals surface area contributed by atoms with Gasteiger partial charge in [-0.05, 0) is 31.4 Å². The molecule has 4 N–H and O–H groups in total. The van der Waals surface area contributed by atoms with E-state index in [0.717, 1.165) is 11.3 Å². The van der Waals surface area contributed by atoms with Crippen molar-refractivity contribution >= 4 is 11.6 Å². The van der Waals surface area contributed by atoms with E-state index in [1.54, 1.807) is 18.2 Å². The fourth-order valence-electron chi connectivity index (χ4n) is 2.79. The summed E-state index contributed by atoms with van der Waals surface area (Å²) in [6.45, 7) is 2.91. The normalized spacial score (nSPS) is 16.4. The molecule has 0 radical (unpaired) electrons. The molecule has 1 aromatic carbocycles. The van der Waals surface area contributed by atoms with Crippen molar-refractivity contribution in [3.8, 4) is 11.4 Å².